The molecule has 1 unspecified atom stereocenters. The van der Waals surface area contributed by atoms with Gasteiger partial charge < -0.3 is 15.7 Å². The van der Waals surface area contributed by atoms with Crippen LogP contribution in [0.1, 0.15) is 30.7 Å². The van der Waals surface area contributed by atoms with Crippen molar-refractivity contribution >= 4 is 5.91 Å². The molecule has 4 nitrogen and oxygen atoms in total. The van der Waals surface area contributed by atoms with Crippen molar-refractivity contribution in [2.75, 3.05) is 13.2 Å². The van der Waals surface area contributed by atoms with E-state index in [9.17, 15) is 23.1 Å². The lowest BCUT2D eigenvalue weighted by molar-refractivity contribution is -0.174. The summed E-state index contributed by atoms with van der Waals surface area (Å²) >= 11 is 0. The number of nitrogens with one attached hydrogen (secondary N) is 2. The molecule has 23 heavy (non-hydrogen) atoms. The van der Waals surface area contributed by atoms with Gasteiger partial charge in [-0.05, 0) is 24.9 Å². The van der Waals surface area contributed by atoms with Gasteiger partial charge in [0.1, 0.15) is 0 Å². The van der Waals surface area contributed by atoms with Crippen LogP contribution >= 0.6 is 0 Å². The quantitative estimate of drug-likeness (QED) is 0.773. The smallest absolute Gasteiger partial charge is 0.396 e. The molecule has 1 aromatic carbocycles. The Hall–Kier alpha value is -1.60. The zero-order valence-corrected chi connectivity index (χ0v) is 12.6. The maximum atomic E-state index is 12.7. The molecule has 1 heterocycles. The van der Waals surface area contributed by atoms with Gasteiger partial charge in [-0.2, -0.15) is 13.2 Å². The fraction of sp³-hybridized carbons (Fsp3) is 0.562. The first-order chi connectivity index (χ1) is 10.9. The van der Waals surface area contributed by atoms with Crippen molar-refractivity contribution in [3.8, 4) is 0 Å². The fourth-order valence-corrected chi connectivity index (χ4v) is 3.03. The van der Waals surface area contributed by atoms with Crippen LogP contribution < -0.4 is 10.6 Å². The number of carbonyl (C=O) groups is 1. The van der Waals surface area contributed by atoms with Crippen LogP contribution in [0.25, 0.3) is 0 Å². The van der Waals surface area contributed by atoms with E-state index in [0.717, 1.165) is 12.8 Å². The number of hydrogen-bond acceptors (Lipinski definition) is 3. The second-order valence-corrected chi connectivity index (χ2v) is 5.75. The van der Waals surface area contributed by atoms with Gasteiger partial charge in [0.2, 0.25) is 0 Å². The van der Waals surface area contributed by atoms with Crippen molar-refractivity contribution in [3.63, 3.8) is 0 Å². The summed E-state index contributed by atoms with van der Waals surface area (Å²) in [6.07, 6.45) is -2.45. The number of halogens is 3. The fourth-order valence-electron chi connectivity index (χ4n) is 3.03. The predicted octanol–water partition coefficient (Wildman–Crippen LogP) is 1.95. The summed E-state index contributed by atoms with van der Waals surface area (Å²) in [6.45, 7) is 0.348. The summed E-state index contributed by atoms with van der Waals surface area (Å²) in [5, 5.41) is 15.0. The van der Waals surface area contributed by atoms with E-state index >= 15 is 0 Å². The van der Waals surface area contributed by atoms with E-state index in [1.807, 2.05) is 0 Å². The lowest BCUT2D eigenvalue weighted by atomic mass is 9.84. The molecule has 1 saturated heterocycles. The Kier molecular flexibility index (Phi) is 6.01. The summed E-state index contributed by atoms with van der Waals surface area (Å²) in [5.41, 5.74) is 0.704. The van der Waals surface area contributed by atoms with Crippen molar-refractivity contribution in [2.45, 2.75) is 43.4 Å². The Bertz CT molecular complexity index is 502. The first-order valence-electron chi connectivity index (χ1n) is 7.70. The van der Waals surface area contributed by atoms with Gasteiger partial charge in [-0.1, -0.05) is 36.8 Å². The van der Waals surface area contributed by atoms with Crippen molar-refractivity contribution in [1.82, 2.24) is 10.6 Å². The third-order valence-electron chi connectivity index (χ3n) is 4.20. The van der Waals surface area contributed by atoms with Crippen LogP contribution in [0.4, 0.5) is 13.2 Å². The van der Waals surface area contributed by atoms with E-state index in [0.29, 0.717) is 18.5 Å². The van der Waals surface area contributed by atoms with Crippen LogP contribution in [0, 0.1) is 0 Å². The van der Waals surface area contributed by atoms with Gasteiger partial charge in [-0.15, -0.1) is 0 Å². The Morgan fingerprint density at radius 3 is 2.52 bits per heavy atom. The Morgan fingerprint density at radius 2 is 2.00 bits per heavy atom. The number of carbonyl (C=O) groups excluding carboxylic acids is 1. The predicted molar refractivity (Wildman–Crippen MR) is 79.9 cm³/mol. The lowest BCUT2D eigenvalue weighted by Crippen LogP contribution is -2.57. The average Bonchev–Trinajstić information content (AvgIpc) is 2.55. The van der Waals surface area contributed by atoms with E-state index < -0.39 is 24.0 Å². The molecule has 0 saturated carbocycles. The number of piperidine rings is 1. The van der Waals surface area contributed by atoms with Gasteiger partial charge in [-0.3, -0.25) is 4.79 Å². The summed E-state index contributed by atoms with van der Waals surface area (Å²) in [7, 11) is 0. The number of rotatable bonds is 5. The van der Waals surface area contributed by atoms with E-state index in [1.165, 1.54) is 0 Å². The monoisotopic (exact) mass is 330 g/mol. The summed E-state index contributed by atoms with van der Waals surface area (Å²) in [5.74, 6) is -2.57. The molecule has 1 fully saturated rings. The van der Waals surface area contributed by atoms with Gasteiger partial charge in [0.05, 0.1) is 12.6 Å². The van der Waals surface area contributed by atoms with Crippen LogP contribution in [0.15, 0.2) is 30.3 Å². The average molecular weight is 330 g/mol. The molecule has 0 radical (unpaired) electrons. The number of amides is 1. The molecule has 0 aliphatic carbocycles. The summed E-state index contributed by atoms with van der Waals surface area (Å²) in [4.78, 5) is 11.4. The highest BCUT2D eigenvalue weighted by Gasteiger charge is 2.42. The highest BCUT2D eigenvalue weighted by Crippen LogP contribution is 2.26. The zero-order valence-electron chi connectivity index (χ0n) is 12.6. The largest absolute Gasteiger partial charge is 0.471 e. The first kappa shape index (κ1) is 17.7. The number of aliphatic hydroxyl groups is 1. The minimum Gasteiger partial charge on any atom is -0.396 e. The van der Waals surface area contributed by atoms with Gasteiger partial charge in [-0.25, -0.2) is 0 Å². The molecule has 1 aliphatic rings. The van der Waals surface area contributed by atoms with Crippen molar-refractivity contribution < 1.29 is 23.1 Å². The van der Waals surface area contributed by atoms with Crippen LogP contribution in [0.2, 0.25) is 0 Å². The maximum Gasteiger partial charge on any atom is 0.471 e. The van der Waals surface area contributed by atoms with Crippen LogP contribution in [-0.4, -0.2) is 42.4 Å². The Morgan fingerprint density at radius 1 is 1.30 bits per heavy atom. The third kappa shape index (κ3) is 4.68. The molecule has 1 amide bonds. The lowest BCUT2D eigenvalue weighted by Gasteiger charge is -2.36. The Labute approximate surface area is 133 Å². The van der Waals surface area contributed by atoms with Crippen LogP contribution in [-0.2, 0) is 4.79 Å². The van der Waals surface area contributed by atoms with Gasteiger partial charge in [0.15, 0.2) is 0 Å². The standard InChI is InChI=1S/C16H21F3N2O2/c17-16(18,19)15(23)21-14(13-8-4-5-9-20-13)12(10-22)11-6-2-1-3-7-11/h1-3,6-7,12-14,20,22H,4-5,8-10H2,(H,21,23)/t12-,13+,14?/m1/s1. The molecule has 3 atom stereocenters. The number of benzene rings is 1. The maximum absolute atomic E-state index is 12.7. The second-order valence-electron chi connectivity index (χ2n) is 5.75. The SMILES string of the molecule is O=C(NC([C@@H]1CCCCN1)[C@H](CO)c1ccccc1)C(F)(F)F. The minimum atomic E-state index is -4.94. The number of aliphatic hydroxyl groups excluding tert-OH is 1. The third-order valence-corrected chi connectivity index (χ3v) is 4.20. The molecule has 3 N–H and O–H groups in total. The second kappa shape index (κ2) is 7.79. The molecule has 0 aromatic heterocycles. The van der Waals surface area contributed by atoms with E-state index in [1.54, 1.807) is 30.3 Å². The molecule has 0 spiro atoms. The molecular weight excluding hydrogens is 309 g/mol. The highest BCUT2D eigenvalue weighted by atomic mass is 19.4. The summed E-state index contributed by atoms with van der Waals surface area (Å²) in [6, 6.07) is 7.68. The molecule has 2 rings (SSSR count). The van der Waals surface area contributed by atoms with Crippen LogP contribution in [0.5, 0.6) is 0 Å². The highest BCUT2D eigenvalue weighted by molar-refractivity contribution is 5.82. The van der Waals surface area contributed by atoms with Gasteiger partial charge in [0, 0.05) is 12.0 Å². The van der Waals surface area contributed by atoms with Crippen LogP contribution in [0.3, 0.4) is 0 Å². The van der Waals surface area contributed by atoms with E-state index in [-0.39, 0.29) is 12.6 Å². The van der Waals surface area contributed by atoms with Crippen molar-refractivity contribution in [1.29, 1.82) is 0 Å². The van der Waals surface area contributed by atoms with Gasteiger partial charge in [0.25, 0.3) is 0 Å². The zero-order chi connectivity index (χ0) is 16.9. The molecule has 1 aliphatic heterocycles. The molecular formula is C16H21F3N2O2. The summed E-state index contributed by atoms with van der Waals surface area (Å²) < 4.78 is 38.0. The molecule has 128 valence electrons. The Balaban J connectivity index is 2.25. The molecule has 0 bridgehead atoms. The minimum absolute atomic E-state index is 0.299. The number of hydrogen-bond donors (Lipinski definition) is 3. The molecule has 1 aromatic rings. The van der Waals surface area contributed by atoms with Crippen molar-refractivity contribution in [2.24, 2.45) is 0 Å². The first-order valence-corrected chi connectivity index (χ1v) is 7.70. The topological polar surface area (TPSA) is 61.4 Å². The van der Waals surface area contributed by atoms with E-state index in [4.69, 9.17) is 0 Å². The number of alkyl halides is 3. The van der Waals surface area contributed by atoms with E-state index in [2.05, 4.69) is 10.6 Å². The van der Waals surface area contributed by atoms with Gasteiger partial charge >= 0.3 is 12.1 Å². The molecule has 7 heteroatoms. The van der Waals surface area contributed by atoms with Crippen molar-refractivity contribution in [3.05, 3.63) is 35.9 Å². The normalized spacial score (nSPS) is 21.5.